The highest BCUT2D eigenvalue weighted by Gasteiger charge is 2.06. The van der Waals surface area contributed by atoms with Crippen molar-refractivity contribution < 1.29 is 9.59 Å². The third-order valence-electron chi connectivity index (χ3n) is 2.44. The van der Waals surface area contributed by atoms with Crippen LogP contribution in [0.15, 0.2) is 24.3 Å². The van der Waals surface area contributed by atoms with Gasteiger partial charge in [-0.3, -0.25) is 9.59 Å². The predicted molar refractivity (Wildman–Crippen MR) is 72.0 cm³/mol. The maximum Gasteiger partial charge on any atom is 0.238 e. The molecule has 2 N–H and O–H groups in total. The minimum Gasteiger partial charge on any atom is -0.352 e. The van der Waals surface area contributed by atoms with Crippen LogP contribution in [0.2, 0.25) is 0 Å². The Hall–Kier alpha value is -2.35. The molecule has 0 bridgehead atoms. The van der Waals surface area contributed by atoms with Crippen molar-refractivity contribution in [3.8, 4) is 6.07 Å². The van der Waals surface area contributed by atoms with E-state index in [2.05, 4.69) is 10.6 Å². The third kappa shape index (κ3) is 5.21. The molecule has 1 aromatic rings. The Kier molecular flexibility index (Phi) is 5.55. The Morgan fingerprint density at radius 2 is 2.11 bits per heavy atom. The number of hydrogen-bond acceptors (Lipinski definition) is 3. The lowest BCUT2D eigenvalue weighted by molar-refractivity contribution is -0.124. The SMILES string of the molecule is CC(C)C(=O)NCc1cccc(NC(=O)CC#N)c1. The summed E-state index contributed by atoms with van der Waals surface area (Å²) >= 11 is 0. The van der Waals surface area contributed by atoms with E-state index in [1.807, 2.05) is 19.9 Å². The van der Waals surface area contributed by atoms with Crippen LogP contribution in [0.3, 0.4) is 0 Å². The van der Waals surface area contributed by atoms with Crippen LogP contribution in [-0.4, -0.2) is 11.8 Å². The fourth-order valence-electron chi connectivity index (χ4n) is 1.43. The van der Waals surface area contributed by atoms with E-state index >= 15 is 0 Å². The van der Waals surface area contributed by atoms with Gasteiger partial charge >= 0.3 is 0 Å². The van der Waals surface area contributed by atoms with Crippen LogP contribution in [0.5, 0.6) is 0 Å². The second-order valence-electron chi connectivity index (χ2n) is 4.46. The first kappa shape index (κ1) is 14.7. The summed E-state index contributed by atoms with van der Waals surface area (Å²) in [4.78, 5) is 22.7. The van der Waals surface area contributed by atoms with Crippen molar-refractivity contribution in [1.82, 2.24) is 5.32 Å². The van der Waals surface area contributed by atoms with Crippen molar-refractivity contribution in [1.29, 1.82) is 5.26 Å². The number of hydrogen-bond donors (Lipinski definition) is 2. The van der Waals surface area contributed by atoms with Gasteiger partial charge in [-0.25, -0.2) is 0 Å². The zero-order chi connectivity index (χ0) is 14.3. The topological polar surface area (TPSA) is 82.0 Å². The molecule has 19 heavy (non-hydrogen) atoms. The van der Waals surface area contributed by atoms with Gasteiger partial charge in [-0.05, 0) is 17.7 Å². The summed E-state index contributed by atoms with van der Waals surface area (Å²) in [6, 6.07) is 8.95. The third-order valence-corrected chi connectivity index (χ3v) is 2.44. The molecule has 0 spiro atoms. The molecule has 5 nitrogen and oxygen atoms in total. The van der Waals surface area contributed by atoms with Gasteiger partial charge in [-0.2, -0.15) is 5.26 Å². The van der Waals surface area contributed by atoms with E-state index in [0.29, 0.717) is 12.2 Å². The van der Waals surface area contributed by atoms with Gasteiger partial charge in [0.1, 0.15) is 6.42 Å². The number of carbonyl (C=O) groups excluding carboxylic acids is 2. The van der Waals surface area contributed by atoms with Crippen LogP contribution in [0.1, 0.15) is 25.8 Å². The van der Waals surface area contributed by atoms with Crippen molar-refractivity contribution in [3.63, 3.8) is 0 Å². The fourth-order valence-corrected chi connectivity index (χ4v) is 1.43. The Bertz CT molecular complexity index is 504. The number of carbonyl (C=O) groups is 2. The van der Waals surface area contributed by atoms with Gasteiger partial charge in [-0.15, -0.1) is 0 Å². The molecule has 0 aliphatic heterocycles. The molecule has 2 amide bonds. The molecular formula is C14H17N3O2. The van der Waals surface area contributed by atoms with Gasteiger partial charge in [0.25, 0.3) is 0 Å². The maximum atomic E-state index is 11.4. The Labute approximate surface area is 112 Å². The smallest absolute Gasteiger partial charge is 0.238 e. The van der Waals surface area contributed by atoms with Crippen LogP contribution < -0.4 is 10.6 Å². The molecule has 1 rings (SSSR count). The molecule has 0 atom stereocenters. The first-order valence-corrected chi connectivity index (χ1v) is 6.06. The van der Waals surface area contributed by atoms with E-state index in [1.165, 1.54) is 0 Å². The van der Waals surface area contributed by atoms with E-state index in [1.54, 1.807) is 24.3 Å². The summed E-state index contributed by atoms with van der Waals surface area (Å²) in [5.74, 6) is -0.414. The molecule has 0 aliphatic rings. The molecule has 0 aliphatic carbocycles. The van der Waals surface area contributed by atoms with Crippen LogP contribution in [0.4, 0.5) is 5.69 Å². The van der Waals surface area contributed by atoms with Crippen LogP contribution in [0, 0.1) is 17.2 Å². The van der Waals surface area contributed by atoms with Crippen LogP contribution in [0.25, 0.3) is 0 Å². The predicted octanol–water partition coefficient (Wildman–Crippen LogP) is 1.81. The monoisotopic (exact) mass is 259 g/mol. The Morgan fingerprint density at radius 3 is 2.74 bits per heavy atom. The van der Waals surface area contributed by atoms with Gasteiger partial charge in [0.15, 0.2) is 0 Å². The number of amides is 2. The molecule has 5 heteroatoms. The molecule has 0 unspecified atom stereocenters. The Morgan fingerprint density at radius 1 is 1.37 bits per heavy atom. The molecule has 0 saturated heterocycles. The van der Waals surface area contributed by atoms with Crippen molar-refractivity contribution >= 4 is 17.5 Å². The molecule has 0 heterocycles. The number of nitrogens with one attached hydrogen (secondary N) is 2. The molecule has 0 aromatic heterocycles. The average molecular weight is 259 g/mol. The summed E-state index contributed by atoms with van der Waals surface area (Å²) in [7, 11) is 0. The zero-order valence-corrected chi connectivity index (χ0v) is 11.1. The summed E-state index contributed by atoms with van der Waals surface area (Å²) < 4.78 is 0. The lowest BCUT2D eigenvalue weighted by Crippen LogP contribution is -2.27. The highest BCUT2D eigenvalue weighted by molar-refractivity contribution is 5.92. The number of anilines is 1. The van der Waals surface area contributed by atoms with E-state index in [0.717, 1.165) is 5.56 Å². The summed E-state index contributed by atoms with van der Waals surface area (Å²) in [6.07, 6.45) is -0.172. The Balaban J connectivity index is 2.60. The number of nitrogens with zero attached hydrogens (tertiary/aromatic N) is 1. The first-order valence-electron chi connectivity index (χ1n) is 6.06. The average Bonchev–Trinajstić information content (AvgIpc) is 2.36. The number of rotatable bonds is 5. The summed E-state index contributed by atoms with van der Waals surface area (Å²) in [5.41, 5.74) is 1.51. The van der Waals surface area contributed by atoms with Crippen LogP contribution in [-0.2, 0) is 16.1 Å². The van der Waals surface area contributed by atoms with E-state index in [-0.39, 0.29) is 24.2 Å². The zero-order valence-electron chi connectivity index (χ0n) is 11.1. The van der Waals surface area contributed by atoms with Gasteiger partial charge in [0.05, 0.1) is 6.07 Å². The maximum absolute atomic E-state index is 11.4. The normalized spacial score (nSPS) is 9.79. The van der Waals surface area contributed by atoms with E-state index < -0.39 is 0 Å². The van der Waals surface area contributed by atoms with Gasteiger partial charge < -0.3 is 10.6 Å². The molecule has 1 aromatic carbocycles. The van der Waals surface area contributed by atoms with E-state index in [9.17, 15) is 9.59 Å². The largest absolute Gasteiger partial charge is 0.352 e. The highest BCUT2D eigenvalue weighted by atomic mass is 16.2. The van der Waals surface area contributed by atoms with Gasteiger partial charge in [0, 0.05) is 18.2 Å². The minimum atomic E-state index is -0.342. The van der Waals surface area contributed by atoms with Crippen molar-refractivity contribution in [2.45, 2.75) is 26.8 Å². The number of benzene rings is 1. The van der Waals surface area contributed by atoms with Crippen molar-refractivity contribution in [2.24, 2.45) is 5.92 Å². The lowest BCUT2D eigenvalue weighted by Gasteiger charge is -2.09. The van der Waals surface area contributed by atoms with Gasteiger partial charge in [-0.1, -0.05) is 26.0 Å². The minimum absolute atomic E-state index is 0.0149. The van der Waals surface area contributed by atoms with Crippen molar-refractivity contribution in [3.05, 3.63) is 29.8 Å². The second kappa shape index (κ2) is 7.17. The summed E-state index contributed by atoms with van der Waals surface area (Å²) in [6.45, 7) is 4.07. The fraction of sp³-hybridized carbons (Fsp3) is 0.357. The van der Waals surface area contributed by atoms with E-state index in [4.69, 9.17) is 5.26 Å². The molecule has 0 radical (unpaired) electrons. The molecule has 100 valence electrons. The molecule has 0 fully saturated rings. The standard InChI is InChI=1S/C14H17N3O2/c1-10(2)14(19)16-9-11-4-3-5-12(8-11)17-13(18)6-7-15/h3-5,8,10H,6,9H2,1-2H3,(H,16,19)(H,17,18). The highest BCUT2D eigenvalue weighted by Crippen LogP contribution is 2.11. The van der Waals surface area contributed by atoms with Gasteiger partial charge in [0.2, 0.25) is 11.8 Å². The molecular weight excluding hydrogens is 242 g/mol. The lowest BCUT2D eigenvalue weighted by atomic mass is 10.1. The second-order valence-corrected chi connectivity index (χ2v) is 4.46. The van der Waals surface area contributed by atoms with Crippen molar-refractivity contribution in [2.75, 3.05) is 5.32 Å². The van der Waals surface area contributed by atoms with Crippen LogP contribution >= 0.6 is 0 Å². The molecule has 0 saturated carbocycles. The summed E-state index contributed by atoms with van der Waals surface area (Å²) in [5, 5.41) is 13.8. The number of nitriles is 1. The quantitative estimate of drug-likeness (QED) is 0.846. The first-order chi connectivity index (χ1) is 9.02.